The SMILES string of the molecule is C[C@H]1[C@H](O)C[C@]2(O)C[C@H](O)C/C=C/[C@@H](O)CC(=O)O[C@@H](C)C/C=C/C=C/C=C/C=C/[C@@H](O[C@@H]3O[C@H](C)[C@@H](O)[C@H](N)[C@@H]3O)C[C@H]1O2. The van der Waals surface area contributed by atoms with Gasteiger partial charge in [0, 0.05) is 31.6 Å². The molecule has 0 aromatic carbocycles. The minimum atomic E-state index is -1.86. The number of nitrogens with two attached hydrogens (primary N) is 1. The van der Waals surface area contributed by atoms with Gasteiger partial charge in [-0.05, 0) is 20.3 Å². The van der Waals surface area contributed by atoms with Crippen LogP contribution in [0.3, 0.4) is 0 Å². The minimum Gasteiger partial charge on any atom is -0.462 e. The van der Waals surface area contributed by atoms with Crippen molar-refractivity contribution in [3.8, 4) is 0 Å². The summed E-state index contributed by atoms with van der Waals surface area (Å²) < 4.78 is 23.3. The lowest BCUT2D eigenvalue weighted by Crippen LogP contribution is -2.61. The van der Waals surface area contributed by atoms with Crippen molar-refractivity contribution in [1.82, 2.24) is 0 Å². The van der Waals surface area contributed by atoms with Gasteiger partial charge in [0.1, 0.15) is 12.2 Å². The van der Waals surface area contributed by atoms with Crippen LogP contribution < -0.4 is 5.73 Å². The van der Waals surface area contributed by atoms with Gasteiger partial charge in [0.15, 0.2) is 12.1 Å². The third-order valence-electron chi connectivity index (χ3n) is 8.28. The van der Waals surface area contributed by atoms with Gasteiger partial charge in [0.25, 0.3) is 0 Å². The van der Waals surface area contributed by atoms with E-state index < -0.39 is 78.8 Å². The highest BCUT2D eigenvalue weighted by molar-refractivity contribution is 5.70. The monoisotopic (exact) mass is 637 g/mol. The second-order valence-electron chi connectivity index (χ2n) is 12.3. The largest absolute Gasteiger partial charge is 0.462 e. The molecule has 2 saturated heterocycles. The molecular weight excluding hydrogens is 586 g/mol. The molecule has 13 atom stereocenters. The van der Waals surface area contributed by atoms with Gasteiger partial charge in [-0.15, -0.1) is 0 Å². The molecule has 254 valence electrons. The Kier molecular flexibility index (Phi) is 14.6. The lowest BCUT2D eigenvalue weighted by Gasteiger charge is -2.45. The molecular formula is C33H51NO11. The molecule has 8 N–H and O–H groups in total. The molecule has 12 heteroatoms. The lowest BCUT2D eigenvalue weighted by molar-refractivity contribution is -0.308. The number of rotatable bonds is 2. The molecule has 0 spiro atoms. The second kappa shape index (κ2) is 17.6. The zero-order chi connectivity index (χ0) is 33.1. The third-order valence-corrected chi connectivity index (χ3v) is 8.28. The normalized spacial score (nSPS) is 46.6. The van der Waals surface area contributed by atoms with Crippen molar-refractivity contribution < 1.29 is 54.4 Å². The topological polar surface area (TPSA) is 201 Å². The number of aliphatic hydroxyl groups excluding tert-OH is 5. The quantitative estimate of drug-likeness (QED) is 0.168. The van der Waals surface area contributed by atoms with E-state index in [9.17, 15) is 35.4 Å². The van der Waals surface area contributed by atoms with Crippen LogP contribution in [0, 0.1) is 5.92 Å². The van der Waals surface area contributed by atoms with Gasteiger partial charge < -0.3 is 55.3 Å². The van der Waals surface area contributed by atoms with Gasteiger partial charge in [-0.2, -0.15) is 0 Å². The van der Waals surface area contributed by atoms with Crippen LogP contribution >= 0.6 is 0 Å². The fraction of sp³-hybridized carbons (Fsp3) is 0.667. The summed E-state index contributed by atoms with van der Waals surface area (Å²) in [6.07, 6.45) is 8.18. The molecule has 3 aliphatic heterocycles. The first-order chi connectivity index (χ1) is 21.3. The van der Waals surface area contributed by atoms with Crippen molar-refractivity contribution in [1.29, 1.82) is 0 Å². The third kappa shape index (κ3) is 11.8. The van der Waals surface area contributed by atoms with E-state index in [4.69, 9.17) is 24.7 Å². The number of fused-ring (bicyclic) bond motifs is 2. The molecule has 3 aliphatic rings. The maximum atomic E-state index is 12.2. The van der Waals surface area contributed by atoms with Crippen molar-refractivity contribution in [3.63, 3.8) is 0 Å². The van der Waals surface area contributed by atoms with E-state index in [0.717, 1.165) is 0 Å². The van der Waals surface area contributed by atoms with Crippen LogP contribution in [0.4, 0.5) is 0 Å². The summed E-state index contributed by atoms with van der Waals surface area (Å²) >= 11 is 0. The maximum Gasteiger partial charge on any atom is 0.309 e. The van der Waals surface area contributed by atoms with Crippen molar-refractivity contribution in [2.24, 2.45) is 11.7 Å². The number of hydrogen-bond donors (Lipinski definition) is 7. The maximum absolute atomic E-state index is 12.2. The summed E-state index contributed by atoms with van der Waals surface area (Å²) in [4.78, 5) is 12.2. The predicted molar refractivity (Wildman–Crippen MR) is 165 cm³/mol. The van der Waals surface area contributed by atoms with E-state index in [-0.39, 0.29) is 38.2 Å². The van der Waals surface area contributed by atoms with E-state index in [0.29, 0.717) is 6.42 Å². The van der Waals surface area contributed by atoms with Crippen LogP contribution in [0.15, 0.2) is 60.8 Å². The van der Waals surface area contributed by atoms with Crippen molar-refractivity contribution in [2.45, 2.75) is 132 Å². The Morgan fingerprint density at radius 3 is 2.31 bits per heavy atom. The summed E-state index contributed by atoms with van der Waals surface area (Å²) in [5, 5.41) is 63.9. The molecule has 2 fully saturated rings. The minimum absolute atomic E-state index is 0.0603. The summed E-state index contributed by atoms with van der Waals surface area (Å²) in [6, 6.07) is -0.987. The number of ether oxygens (including phenoxy) is 4. The fourth-order valence-electron chi connectivity index (χ4n) is 5.55. The van der Waals surface area contributed by atoms with E-state index >= 15 is 0 Å². The number of carbonyl (C=O) groups excluding carboxylic acids is 1. The molecule has 3 rings (SSSR count). The highest BCUT2D eigenvalue weighted by Crippen LogP contribution is 2.37. The number of aliphatic hydroxyl groups is 6. The zero-order valence-corrected chi connectivity index (χ0v) is 26.2. The fourth-order valence-corrected chi connectivity index (χ4v) is 5.55. The molecule has 0 radical (unpaired) electrons. The Balaban J connectivity index is 1.83. The van der Waals surface area contributed by atoms with Gasteiger partial charge in [0.2, 0.25) is 0 Å². The standard InChI is InChI=1S/C33H51NO11/c1-20-12-9-7-5-4-6-8-10-15-25(44-32-31(40)29(34)30(39)22(3)43-32)17-27-21(2)26(37)19-33(41,45-27)18-24(36)14-11-13-23(35)16-28(38)42-20/h4-11,13,15,20-27,29-32,35-37,39-41H,12,14,16-19,34H2,1-3H3/b5-4+,8-6+,9-7+,13-11+,15-10+/t20-,21-,22+,23+,24+,25+,26+,27+,29-,30+,31-,32-,33-/m0/s1. The van der Waals surface area contributed by atoms with Gasteiger partial charge in [0.05, 0.1) is 55.2 Å². The zero-order valence-electron chi connectivity index (χ0n) is 26.2. The molecule has 45 heavy (non-hydrogen) atoms. The van der Waals surface area contributed by atoms with Crippen LogP contribution in [0.2, 0.25) is 0 Å². The molecule has 3 heterocycles. The predicted octanol–water partition coefficient (Wildman–Crippen LogP) is 1.04. The van der Waals surface area contributed by atoms with Crippen LogP contribution in [-0.2, 0) is 23.7 Å². The number of allylic oxidation sites excluding steroid dienone is 6. The van der Waals surface area contributed by atoms with E-state index in [1.807, 2.05) is 18.2 Å². The Hall–Kier alpha value is -2.23. The van der Waals surface area contributed by atoms with Crippen LogP contribution in [0.5, 0.6) is 0 Å². The molecule has 0 unspecified atom stereocenters. The Morgan fingerprint density at radius 1 is 0.889 bits per heavy atom. The summed E-state index contributed by atoms with van der Waals surface area (Å²) in [7, 11) is 0. The average molecular weight is 638 g/mol. The second-order valence-corrected chi connectivity index (χ2v) is 12.3. The lowest BCUT2D eigenvalue weighted by atomic mass is 9.84. The summed E-state index contributed by atoms with van der Waals surface area (Å²) in [6.45, 7) is 5.17. The molecule has 0 saturated carbocycles. The summed E-state index contributed by atoms with van der Waals surface area (Å²) in [5.74, 6) is -2.82. The van der Waals surface area contributed by atoms with Crippen LogP contribution in [0.1, 0.15) is 59.3 Å². The number of carbonyl (C=O) groups is 1. The van der Waals surface area contributed by atoms with E-state index in [1.165, 1.54) is 12.2 Å². The molecule has 0 aliphatic carbocycles. The number of esters is 1. The Labute approximate surface area is 265 Å². The highest BCUT2D eigenvalue weighted by Gasteiger charge is 2.46. The van der Waals surface area contributed by atoms with Gasteiger partial charge in [-0.3, -0.25) is 4.79 Å². The first kappa shape index (κ1) is 37.2. The van der Waals surface area contributed by atoms with Crippen molar-refractivity contribution >= 4 is 5.97 Å². The van der Waals surface area contributed by atoms with E-state index in [2.05, 4.69) is 0 Å². The molecule has 0 aromatic rings. The molecule has 0 aromatic heterocycles. The number of cyclic esters (lactones) is 1. The smallest absolute Gasteiger partial charge is 0.309 e. The van der Waals surface area contributed by atoms with Gasteiger partial charge >= 0.3 is 5.97 Å². The average Bonchev–Trinajstić information content (AvgIpc) is 2.95. The molecule has 2 bridgehead atoms. The van der Waals surface area contributed by atoms with Gasteiger partial charge in [-0.1, -0.05) is 67.7 Å². The summed E-state index contributed by atoms with van der Waals surface area (Å²) in [5.41, 5.74) is 6.00. The highest BCUT2D eigenvalue weighted by atomic mass is 16.7. The van der Waals surface area contributed by atoms with Crippen LogP contribution in [0.25, 0.3) is 0 Å². The first-order valence-corrected chi connectivity index (χ1v) is 15.7. The Bertz CT molecular complexity index is 1080. The molecule has 12 nitrogen and oxygen atoms in total. The van der Waals surface area contributed by atoms with E-state index in [1.54, 1.807) is 51.2 Å². The molecule has 0 amide bonds. The number of hydrogen-bond acceptors (Lipinski definition) is 12. The van der Waals surface area contributed by atoms with Gasteiger partial charge in [-0.25, -0.2) is 0 Å². The van der Waals surface area contributed by atoms with Crippen LogP contribution in [-0.4, -0.2) is 110 Å². The Morgan fingerprint density at radius 2 is 1.58 bits per heavy atom. The van der Waals surface area contributed by atoms with Crippen molar-refractivity contribution in [3.05, 3.63) is 60.8 Å². The van der Waals surface area contributed by atoms with Crippen molar-refractivity contribution in [2.75, 3.05) is 0 Å². The first-order valence-electron chi connectivity index (χ1n) is 15.7.